The third kappa shape index (κ3) is 1.52. The number of fused-ring (bicyclic) bond motifs is 1. The van der Waals surface area contributed by atoms with Crippen LogP contribution in [0.15, 0.2) is 30.3 Å². The van der Waals surface area contributed by atoms with Crippen LogP contribution in [0.1, 0.15) is 0 Å². The maximum atomic E-state index is 5.32. The van der Waals surface area contributed by atoms with E-state index in [-0.39, 0.29) is 0 Å². The third-order valence-electron chi connectivity index (χ3n) is 2.29. The second-order valence-corrected chi connectivity index (χ2v) is 3.88. The Bertz CT molecular complexity index is 436. The smallest absolute Gasteiger partial charge is 0.194 e. The summed E-state index contributed by atoms with van der Waals surface area (Å²) in [6, 6.07) is 10.4. The lowest BCUT2D eigenvalue weighted by Gasteiger charge is -2.06. The highest BCUT2D eigenvalue weighted by Gasteiger charge is 2.06. The van der Waals surface area contributed by atoms with Crippen molar-refractivity contribution in [3.63, 3.8) is 0 Å². The summed E-state index contributed by atoms with van der Waals surface area (Å²) in [6.07, 6.45) is 0. The molecule has 2 rings (SSSR count). The second kappa shape index (κ2) is 4.05. The van der Waals surface area contributed by atoms with Gasteiger partial charge in [-0.3, -0.25) is 0 Å². The van der Waals surface area contributed by atoms with Gasteiger partial charge in [0.15, 0.2) is 5.88 Å². The summed E-state index contributed by atoms with van der Waals surface area (Å²) in [7, 11) is 1.71. The van der Waals surface area contributed by atoms with E-state index in [1.807, 2.05) is 12.1 Å². The number of nitrogens with zero attached hydrogens (tertiary/aromatic N) is 1. The molecule has 0 unspecified atom stereocenters. The molecule has 1 aromatic heterocycles. The number of hydrogen-bond acceptors (Lipinski definition) is 1. The SMILES string of the molecule is COc1cc2ccccc2n1CCBr. The van der Waals surface area contributed by atoms with Crippen molar-refractivity contribution >= 4 is 26.8 Å². The number of aromatic nitrogens is 1. The van der Waals surface area contributed by atoms with Gasteiger partial charge in [0.25, 0.3) is 0 Å². The maximum Gasteiger partial charge on any atom is 0.194 e. The van der Waals surface area contributed by atoms with E-state index in [2.05, 4.69) is 38.7 Å². The molecule has 0 radical (unpaired) electrons. The van der Waals surface area contributed by atoms with Crippen LogP contribution in [0.5, 0.6) is 5.88 Å². The Morgan fingerprint density at radius 1 is 1.36 bits per heavy atom. The summed E-state index contributed by atoms with van der Waals surface area (Å²) in [6.45, 7) is 0.927. The molecule has 1 aromatic carbocycles. The first-order valence-electron chi connectivity index (χ1n) is 4.55. The molecule has 0 atom stereocenters. The normalized spacial score (nSPS) is 10.7. The van der Waals surface area contributed by atoms with Gasteiger partial charge < -0.3 is 9.30 Å². The van der Waals surface area contributed by atoms with Gasteiger partial charge >= 0.3 is 0 Å². The molecule has 0 aliphatic carbocycles. The zero-order valence-corrected chi connectivity index (χ0v) is 9.62. The largest absolute Gasteiger partial charge is 0.482 e. The first kappa shape index (κ1) is 9.59. The van der Waals surface area contributed by atoms with E-state index in [1.165, 1.54) is 10.9 Å². The van der Waals surface area contributed by atoms with Gasteiger partial charge in [0.05, 0.1) is 12.6 Å². The van der Waals surface area contributed by atoms with Crippen molar-refractivity contribution < 1.29 is 4.74 Å². The molecular formula is C11H12BrNO. The number of halogens is 1. The Morgan fingerprint density at radius 3 is 2.86 bits per heavy atom. The van der Waals surface area contributed by atoms with Gasteiger partial charge in [-0.25, -0.2) is 0 Å². The number of hydrogen-bond donors (Lipinski definition) is 0. The predicted octanol–water partition coefficient (Wildman–Crippen LogP) is 3.04. The average Bonchev–Trinajstić information content (AvgIpc) is 2.58. The van der Waals surface area contributed by atoms with Gasteiger partial charge in [0.1, 0.15) is 0 Å². The Morgan fingerprint density at radius 2 is 2.14 bits per heavy atom. The van der Waals surface area contributed by atoms with Crippen molar-refractivity contribution in [1.82, 2.24) is 4.57 Å². The molecule has 0 saturated heterocycles. The summed E-state index contributed by atoms with van der Waals surface area (Å²) in [4.78, 5) is 0. The summed E-state index contributed by atoms with van der Waals surface area (Å²) in [5.74, 6) is 0.922. The van der Waals surface area contributed by atoms with Crippen molar-refractivity contribution in [2.75, 3.05) is 12.4 Å². The summed E-state index contributed by atoms with van der Waals surface area (Å²) >= 11 is 3.44. The highest BCUT2D eigenvalue weighted by atomic mass is 79.9. The van der Waals surface area contributed by atoms with E-state index in [4.69, 9.17) is 4.74 Å². The van der Waals surface area contributed by atoms with Crippen LogP contribution in [0.4, 0.5) is 0 Å². The van der Waals surface area contributed by atoms with Gasteiger partial charge in [-0.2, -0.15) is 0 Å². The molecule has 0 aliphatic heterocycles. The van der Waals surface area contributed by atoms with Crippen LogP contribution in [0.3, 0.4) is 0 Å². The fraction of sp³-hybridized carbons (Fsp3) is 0.273. The van der Waals surface area contributed by atoms with Gasteiger partial charge in [-0.15, -0.1) is 0 Å². The number of ether oxygens (including phenoxy) is 1. The number of benzene rings is 1. The van der Waals surface area contributed by atoms with Crippen molar-refractivity contribution in [3.8, 4) is 5.88 Å². The molecule has 3 heteroatoms. The van der Waals surface area contributed by atoms with E-state index in [9.17, 15) is 0 Å². The third-order valence-corrected chi connectivity index (χ3v) is 2.64. The standard InChI is InChI=1S/C11H12BrNO/c1-14-11-8-9-4-2-3-5-10(9)13(11)7-6-12/h2-5,8H,6-7H2,1H3. The summed E-state index contributed by atoms with van der Waals surface area (Å²) in [5, 5.41) is 2.16. The zero-order valence-electron chi connectivity index (χ0n) is 8.03. The molecule has 0 saturated carbocycles. The topological polar surface area (TPSA) is 14.2 Å². The maximum absolute atomic E-state index is 5.32. The van der Waals surface area contributed by atoms with Crippen LogP contribution in [-0.4, -0.2) is 17.0 Å². The number of methoxy groups -OCH3 is 1. The van der Waals surface area contributed by atoms with Crippen LogP contribution < -0.4 is 4.74 Å². The minimum atomic E-state index is 0.922. The highest BCUT2D eigenvalue weighted by molar-refractivity contribution is 9.09. The van der Waals surface area contributed by atoms with Gasteiger partial charge in [0, 0.05) is 23.3 Å². The van der Waals surface area contributed by atoms with E-state index >= 15 is 0 Å². The fourth-order valence-corrected chi connectivity index (χ4v) is 2.02. The van der Waals surface area contributed by atoms with Crippen LogP contribution in [0.2, 0.25) is 0 Å². The molecule has 0 amide bonds. The predicted molar refractivity (Wildman–Crippen MR) is 62.3 cm³/mol. The first-order valence-corrected chi connectivity index (χ1v) is 5.67. The van der Waals surface area contributed by atoms with Crippen molar-refractivity contribution in [1.29, 1.82) is 0 Å². The molecule has 74 valence electrons. The van der Waals surface area contributed by atoms with Gasteiger partial charge in [-0.05, 0) is 6.07 Å². The van der Waals surface area contributed by atoms with Crippen molar-refractivity contribution in [2.45, 2.75) is 6.54 Å². The second-order valence-electron chi connectivity index (χ2n) is 3.09. The Kier molecular flexibility index (Phi) is 2.77. The minimum Gasteiger partial charge on any atom is -0.482 e. The quantitative estimate of drug-likeness (QED) is 0.768. The first-order chi connectivity index (χ1) is 6.86. The molecule has 14 heavy (non-hydrogen) atoms. The van der Waals surface area contributed by atoms with Crippen molar-refractivity contribution in [3.05, 3.63) is 30.3 Å². The Hall–Kier alpha value is -0.960. The lowest BCUT2D eigenvalue weighted by Crippen LogP contribution is -2.00. The lowest BCUT2D eigenvalue weighted by molar-refractivity contribution is 0.378. The monoisotopic (exact) mass is 253 g/mol. The van der Waals surface area contributed by atoms with E-state index < -0.39 is 0 Å². The van der Waals surface area contributed by atoms with Crippen LogP contribution in [-0.2, 0) is 6.54 Å². The molecule has 2 nitrogen and oxygen atoms in total. The molecule has 0 aliphatic rings. The molecule has 2 aromatic rings. The van der Waals surface area contributed by atoms with Crippen LogP contribution >= 0.6 is 15.9 Å². The van der Waals surface area contributed by atoms with E-state index in [0.29, 0.717) is 0 Å². The molecule has 0 N–H and O–H groups in total. The highest BCUT2D eigenvalue weighted by Crippen LogP contribution is 2.25. The minimum absolute atomic E-state index is 0.922. The van der Waals surface area contributed by atoms with Gasteiger partial charge in [0.2, 0.25) is 0 Å². The lowest BCUT2D eigenvalue weighted by atomic mass is 10.2. The molecular weight excluding hydrogens is 242 g/mol. The molecule has 0 spiro atoms. The average molecular weight is 254 g/mol. The number of rotatable bonds is 3. The van der Waals surface area contributed by atoms with Crippen LogP contribution in [0, 0.1) is 0 Å². The van der Waals surface area contributed by atoms with E-state index in [1.54, 1.807) is 7.11 Å². The van der Waals surface area contributed by atoms with Crippen molar-refractivity contribution in [2.24, 2.45) is 0 Å². The zero-order chi connectivity index (χ0) is 9.97. The number of alkyl halides is 1. The Balaban J connectivity index is 2.61. The molecule has 0 fully saturated rings. The van der Waals surface area contributed by atoms with Gasteiger partial charge in [-0.1, -0.05) is 34.1 Å². The summed E-state index contributed by atoms with van der Waals surface area (Å²) < 4.78 is 7.50. The molecule has 1 heterocycles. The number of aryl methyl sites for hydroxylation is 1. The fourth-order valence-electron chi connectivity index (χ4n) is 1.67. The van der Waals surface area contributed by atoms with E-state index in [0.717, 1.165) is 17.8 Å². The number of para-hydroxylation sites is 1. The Labute approximate surface area is 91.6 Å². The van der Waals surface area contributed by atoms with Crippen LogP contribution in [0.25, 0.3) is 10.9 Å². The summed E-state index contributed by atoms with van der Waals surface area (Å²) in [5.41, 5.74) is 1.23. The molecule has 0 bridgehead atoms.